The van der Waals surface area contributed by atoms with Crippen LogP contribution in [0.3, 0.4) is 0 Å². The predicted octanol–water partition coefficient (Wildman–Crippen LogP) is 0.795. The summed E-state index contributed by atoms with van der Waals surface area (Å²) in [5, 5.41) is 0. The van der Waals surface area contributed by atoms with Gasteiger partial charge >= 0.3 is 86.7 Å². The van der Waals surface area contributed by atoms with Crippen LogP contribution in [0.15, 0.2) is 0 Å². The molecule has 0 saturated carbocycles. The fourth-order valence-electron chi connectivity index (χ4n) is 0.884. The maximum atomic E-state index is 5.54. The maximum absolute atomic E-state index is 5.54. The number of hydrogen-bond donors (Lipinski definition) is 0. The first-order chi connectivity index (χ1) is 4.90. The third kappa shape index (κ3) is 4.42. The molecule has 0 aliphatic heterocycles. The Morgan fingerprint density at radius 2 is 1.91 bits per heavy atom. The molecule has 1 atom stereocenters. The Kier molecular flexibility index (Phi) is 5.13. The van der Waals surface area contributed by atoms with Crippen molar-refractivity contribution in [3.05, 3.63) is 0 Å². The predicted molar refractivity (Wildman–Crippen MR) is 50.0 cm³/mol. The van der Waals surface area contributed by atoms with Gasteiger partial charge in [-0.2, -0.15) is 0 Å². The molecular weight excluding hydrogens is 333 g/mol. The van der Waals surface area contributed by atoms with Crippen LogP contribution in [0, 0.1) is 5.92 Å². The van der Waals surface area contributed by atoms with Gasteiger partial charge in [0.2, 0.25) is 0 Å². The minimum absolute atomic E-state index is 0.0644. The van der Waals surface area contributed by atoms with Crippen LogP contribution in [0.1, 0.15) is 20.8 Å². The molecule has 0 aliphatic rings. The zero-order valence-electron chi connectivity index (χ0n) is 8.22. The molecule has 11 heavy (non-hydrogen) atoms. The molecule has 0 aromatic heterocycles. The fraction of sp³-hybridized carbons (Fsp3) is 1.00. The van der Waals surface area contributed by atoms with Gasteiger partial charge in [0, 0.05) is 0 Å². The standard InChI is InChI=1S/C8H18NO.Pb.H/c1-7(6-9(4)5)8(2,3)10;;/h7H,6H2,1-5H3;;/q-1;+1;. The molecule has 0 aliphatic carbocycles. The Balaban J connectivity index is 3.90. The second-order valence-electron chi connectivity index (χ2n) is 3.88. The van der Waals surface area contributed by atoms with Crippen LogP contribution in [0.25, 0.3) is 0 Å². The molecule has 0 rings (SSSR count). The van der Waals surface area contributed by atoms with E-state index in [1.54, 1.807) is 0 Å². The van der Waals surface area contributed by atoms with Crippen molar-refractivity contribution in [2.24, 2.45) is 5.92 Å². The van der Waals surface area contributed by atoms with E-state index in [-0.39, 0.29) is 5.60 Å². The molecular formula is C8H19NOPb. The molecule has 66 valence electrons. The zero-order valence-corrected chi connectivity index (χ0v) is 12.7. The Hall–Kier alpha value is 0.842. The van der Waals surface area contributed by atoms with Gasteiger partial charge in [0.05, 0.1) is 0 Å². The second kappa shape index (κ2) is 4.77. The summed E-state index contributed by atoms with van der Waals surface area (Å²) in [6, 6.07) is 0. The topological polar surface area (TPSA) is 12.5 Å². The number of rotatable bonds is 4. The van der Waals surface area contributed by atoms with E-state index < -0.39 is 0 Å². The van der Waals surface area contributed by atoms with Crippen molar-refractivity contribution >= 4 is 26.2 Å². The van der Waals surface area contributed by atoms with E-state index in [0.29, 0.717) is 32.1 Å². The quantitative estimate of drug-likeness (QED) is 0.694. The first-order valence-electron chi connectivity index (χ1n) is 3.92. The van der Waals surface area contributed by atoms with E-state index in [9.17, 15) is 0 Å². The Labute approximate surface area is 86.6 Å². The van der Waals surface area contributed by atoms with Gasteiger partial charge in [-0.1, -0.05) is 0 Å². The van der Waals surface area contributed by atoms with Crippen molar-refractivity contribution in [2.45, 2.75) is 26.4 Å². The molecule has 2 radical (unpaired) electrons. The molecule has 0 fully saturated rings. The van der Waals surface area contributed by atoms with Gasteiger partial charge in [-0.05, 0) is 0 Å². The molecule has 1 unspecified atom stereocenters. The second-order valence-corrected chi connectivity index (χ2v) is 4.80. The zero-order chi connectivity index (χ0) is 9.07. The summed E-state index contributed by atoms with van der Waals surface area (Å²) in [6.45, 7) is 7.67. The van der Waals surface area contributed by atoms with E-state index in [1.807, 2.05) is 0 Å². The molecule has 0 spiro atoms. The van der Waals surface area contributed by atoms with Gasteiger partial charge in [-0.3, -0.25) is 0 Å². The minimum atomic E-state index is 0.0644. The van der Waals surface area contributed by atoms with Crippen LogP contribution in [0.4, 0.5) is 0 Å². The van der Waals surface area contributed by atoms with Gasteiger partial charge in [-0.25, -0.2) is 0 Å². The summed E-state index contributed by atoms with van der Waals surface area (Å²) in [7, 11) is 4.20. The van der Waals surface area contributed by atoms with E-state index in [1.165, 1.54) is 0 Å². The fourth-order valence-corrected chi connectivity index (χ4v) is 1.79. The molecule has 0 heterocycles. The summed E-state index contributed by atoms with van der Waals surface area (Å²) in [5.41, 5.74) is 0.0644. The van der Waals surface area contributed by atoms with Crippen molar-refractivity contribution < 1.29 is 2.69 Å². The first kappa shape index (κ1) is 11.8. The number of nitrogens with zero attached hydrogens (tertiary/aromatic N) is 1. The van der Waals surface area contributed by atoms with Gasteiger partial charge in [-0.15, -0.1) is 0 Å². The van der Waals surface area contributed by atoms with Crippen molar-refractivity contribution in [3.63, 3.8) is 0 Å². The van der Waals surface area contributed by atoms with E-state index in [0.717, 1.165) is 6.54 Å². The van der Waals surface area contributed by atoms with Crippen LogP contribution < -0.4 is 0 Å². The molecule has 0 saturated heterocycles. The van der Waals surface area contributed by atoms with Gasteiger partial charge in [0.25, 0.3) is 0 Å². The third-order valence-corrected chi connectivity index (χ3v) is 4.49. The normalized spacial score (nSPS) is 15.5. The Morgan fingerprint density at radius 3 is 2.18 bits per heavy atom. The monoisotopic (exact) mass is 353 g/mol. The summed E-state index contributed by atoms with van der Waals surface area (Å²) >= 11 is 0.639. The molecule has 2 nitrogen and oxygen atoms in total. The van der Waals surface area contributed by atoms with Crippen molar-refractivity contribution in [1.82, 2.24) is 4.90 Å². The average molecular weight is 352 g/mol. The first-order valence-corrected chi connectivity index (χ1v) is 5.76. The molecule has 0 bridgehead atoms. The molecule has 0 aromatic carbocycles. The van der Waals surface area contributed by atoms with E-state index >= 15 is 0 Å². The van der Waals surface area contributed by atoms with Gasteiger partial charge in [0.15, 0.2) is 0 Å². The van der Waals surface area contributed by atoms with Crippen molar-refractivity contribution in [2.75, 3.05) is 20.6 Å². The molecule has 0 N–H and O–H groups in total. The van der Waals surface area contributed by atoms with Crippen molar-refractivity contribution in [3.8, 4) is 0 Å². The molecule has 0 amide bonds. The van der Waals surface area contributed by atoms with Crippen LogP contribution >= 0.6 is 0 Å². The van der Waals surface area contributed by atoms with Gasteiger partial charge in [0.1, 0.15) is 0 Å². The average Bonchev–Trinajstić information content (AvgIpc) is 1.86. The summed E-state index contributed by atoms with van der Waals surface area (Å²) in [6.07, 6.45) is 0. The van der Waals surface area contributed by atoms with Crippen molar-refractivity contribution in [1.29, 1.82) is 0 Å². The van der Waals surface area contributed by atoms with Crippen LogP contribution in [-0.4, -0.2) is 57.4 Å². The summed E-state index contributed by atoms with van der Waals surface area (Å²) in [4.78, 5) is 2.20. The van der Waals surface area contributed by atoms with E-state index in [2.05, 4.69) is 39.8 Å². The van der Waals surface area contributed by atoms with Crippen LogP contribution in [-0.2, 0) is 2.69 Å². The van der Waals surface area contributed by atoms with Crippen LogP contribution in [0.2, 0.25) is 0 Å². The SMILES string of the molecule is CC(CN(C)C)C(C)(C)[O][PbH]. The molecule has 3 heteroatoms. The summed E-state index contributed by atoms with van der Waals surface area (Å²) in [5.74, 6) is 0.600. The Morgan fingerprint density at radius 1 is 1.45 bits per heavy atom. The number of hydrogen-bond acceptors (Lipinski definition) is 2. The van der Waals surface area contributed by atoms with Crippen LogP contribution in [0.5, 0.6) is 0 Å². The Bertz CT molecular complexity index is 115. The molecule has 0 aromatic rings. The van der Waals surface area contributed by atoms with Gasteiger partial charge < -0.3 is 0 Å². The van der Waals surface area contributed by atoms with E-state index in [4.69, 9.17) is 2.69 Å². The third-order valence-electron chi connectivity index (χ3n) is 2.13. The summed E-state index contributed by atoms with van der Waals surface area (Å²) < 4.78 is 5.54.